The van der Waals surface area contributed by atoms with Gasteiger partial charge in [0.05, 0.1) is 41.4 Å². The van der Waals surface area contributed by atoms with Crippen molar-refractivity contribution in [1.82, 2.24) is 25.3 Å². The Kier molecular flexibility index (Phi) is 5.20. The summed E-state index contributed by atoms with van der Waals surface area (Å²) >= 11 is 0. The van der Waals surface area contributed by atoms with E-state index < -0.39 is 0 Å². The van der Waals surface area contributed by atoms with Crippen LogP contribution in [0.2, 0.25) is 0 Å². The normalized spacial score (nSPS) is 25.1. The van der Waals surface area contributed by atoms with Crippen LogP contribution in [0.15, 0.2) is 47.2 Å². The van der Waals surface area contributed by atoms with E-state index in [9.17, 15) is 4.79 Å². The molecule has 0 radical (unpaired) electrons. The van der Waals surface area contributed by atoms with Crippen molar-refractivity contribution in [3.63, 3.8) is 0 Å². The Morgan fingerprint density at radius 2 is 1.70 bits per heavy atom. The molecule has 3 aromatic rings. The standard InChI is InChI=1S/C25H30N6O2/c1-17-21(18(2)33-29-17)22-26-14-20(15-27-22)31-16-24(28-23(31)32)10-12-25(13-11-24,30(3)4)19-8-6-5-7-9-19/h5-9,14-15H,10-13,16H2,1-4H3,(H,28,32). The van der Waals surface area contributed by atoms with Crippen molar-refractivity contribution >= 4 is 11.7 Å². The van der Waals surface area contributed by atoms with E-state index in [4.69, 9.17) is 4.52 Å². The third kappa shape index (κ3) is 3.58. The summed E-state index contributed by atoms with van der Waals surface area (Å²) in [5.41, 5.74) is 3.36. The van der Waals surface area contributed by atoms with Crippen LogP contribution in [0.1, 0.15) is 42.7 Å². The molecule has 1 spiro atoms. The minimum absolute atomic E-state index is 0.0102. The number of aryl methyl sites for hydroxylation is 2. The van der Waals surface area contributed by atoms with Crippen molar-refractivity contribution in [2.45, 2.75) is 50.6 Å². The summed E-state index contributed by atoms with van der Waals surface area (Å²) in [6.45, 7) is 4.34. The molecule has 0 unspecified atom stereocenters. The first-order chi connectivity index (χ1) is 15.8. The summed E-state index contributed by atoms with van der Waals surface area (Å²) in [7, 11) is 4.31. The number of anilines is 1. The third-order valence-corrected chi connectivity index (χ3v) is 7.49. The Balaban J connectivity index is 1.34. The van der Waals surface area contributed by atoms with Crippen LogP contribution in [-0.2, 0) is 5.54 Å². The predicted octanol–water partition coefficient (Wildman–Crippen LogP) is 4.05. The smallest absolute Gasteiger partial charge is 0.322 e. The van der Waals surface area contributed by atoms with Gasteiger partial charge in [0.15, 0.2) is 5.82 Å². The fourth-order valence-corrected chi connectivity index (χ4v) is 5.48. The zero-order valence-electron chi connectivity index (χ0n) is 19.6. The van der Waals surface area contributed by atoms with E-state index in [1.807, 2.05) is 13.8 Å². The molecule has 5 rings (SSSR count). The summed E-state index contributed by atoms with van der Waals surface area (Å²) in [4.78, 5) is 26.1. The van der Waals surface area contributed by atoms with Gasteiger partial charge >= 0.3 is 6.03 Å². The van der Waals surface area contributed by atoms with Crippen LogP contribution >= 0.6 is 0 Å². The molecule has 2 aromatic heterocycles. The molecule has 1 saturated carbocycles. The summed E-state index contributed by atoms with van der Waals surface area (Å²) < 4.78 is 5.23. The Morgan fingerprint density at radius 1 is 1.03 bits per heavy atom. The molecule has 0 bridgehead atoms. The van der Waals surface area contributed by atoms with Crippen LogP contribution < -0.4 is 10.2 Å². The molecule has 2 fully saturated rings. The predicted molar refractivity (Wildman–Crippen MR) is 126 cm³/mol. The molecule has 2 amide bonds. The molecule has 1 N–H and O–H groups in total. The summed E-state index contributed by atoms with van der Waals surface area (Å²) in [5.74, 6) is 1.24. The maximum absolute atomic E-state index is 13.0. The van der Waals surface area contributed by atoms with E-state index in [1.54, 1.807) is 17.3 Å². The number of aromatic nitrogens is 3. The molecule has 8 nitrogen and oxygen atoms in total. The number of urea groups is 1. The van der Waals surface area contributed by atoms with Crippen molar-refractivity contribution in [3.8, 4) is 11.4 Å². The third-order valence-electron chi connectivity index (χ3n) is 7.49. The topological polar surface area (TPSA) is 87.4 Å². The molecule has 1 aromatic carbocycles. The van der Waals surface area contributed by atoms with Gasteiger partial charge in [-0.2, -0.15) is 0 Å². The Bertz CT molecular complexity index is 1130. The lowest BCUT2D eigenvalue weighted by Gasteiger charge is -2.48. The molecule has 33 heavy (non-hydrogen) atoms. The first kappa shape index (κ1) is 21.6. The lowest BCUT2D eigenvalue weighted by Crippen LogP contribution is -2.54. The number of carbonyl (C=O) groups is 1. The number of nitrogens with zero attached hydrogens (tertiary/aromatic N) is 5. The van der Waals surface area contributed by atoms with Crippen molar-refractivity contribution < 1.29 is 9.32 Å². The van der Waals surface area contributed by atoms with Gasteiger partial charge in [0.1, 0.15) is 5.76 Å². The fraction of sp³-hybridized carbons (Fsp3) is 0.440. The highest BCUT2D eigenvalue weighted by atomic mass is 16.5. The Morgan fingerprint density at radius 3 is 2.27 bits per heavy atom. The summed E-state index contributed by atoms with van der Waals surface area (Å²) in [6, 6.07) is 10.6. The second-order valence-corrected chi connectivity index (χ2v) is 9.55. The van der Waals surface area contributed by atoms with Gasteiger partial charge in [0.2, 0.25) is 0 Å². The Labute approximate surface area is 194 Å². The molecule has 1 aliphatic carbocycles. The van der Waals surface area contributed by atoms with Crippen molar-refractivity contribution in [3.05, 3.63) is 59.7 Å². The van der Waals surface area contributed by atoms with Gasteiger partial charge in [-0.15, -0.1) is 0 Å². The molecular weight excluding hydrogens is 416 g/mol. The van der Waals surface area contributed by atoms with Gasteiger partial charge in [-0.1, -0.05) is 35.5 Å². The van der Waals surface area contributed by atoms with E-state index in [-0.39, 0.29) is 17.1 Å². The average molecular weight is 447 g/mol. The van der Waals surface area contributed by atoms with Crippen molar-refractivity contribution in [2.24, 2.45) is 0 Å². The van der Waals surface area contributed by atoms with Crippen LogP contribution in [0.4, 0.5) is 10.5 Å². The lowest BCUT2D eigenvalue weighted by atomic mass is 9.69. The second-order valence-electron chi connectivity index (χ2n) is 9.55. The lowest BCUT2D eigenvalue weighted by molar-refractivity contribution is 0.0658. The zero-order chi connectivity index (χ0) is 23.2. The van der Waals surface area contributed by atoms with Crippen LogP contribution in [0.25, 0.3) is 11.4 Å². The second kappa shape index (κ2) is 7.95. The van der Waals surface area contributed by atoms with Crippen LogP contribution in [-0.4, -0.2) is 52.2 Å². The minimum Gasteiger partial charge on any atom is -0.361 e. The highest BCUT2D eigenvalue weighted by molar-refractivity contribution is 5.95. The monoisotopic (exact) mass is 446 g/mol. The van der Waals surface area contributed by atoms with Gasteiger partial charge in [0, 0.05) is 5.54 Å². The minimum atomic E-state index is -0.230. The molecule has 1 aliphatic heterocycles. The summed E-state index contributed by atoms with van der Waals surface area (Å²) in [5, 5.41) is 7.27. The molecular formula is C25H30N6O2. The number of benzene rings is 1. The first-order valence-electron chi connectivity index (χ1n) is 11.4. The number of rotatable bonds is 4. The van der Waals surface area contributed by atoms with Crippen LogP contribution in [0, 0.1) is 13.8 Å². The SMILES string of the molecule is Cc1noc(C)c1-c1ncc(N2CC3(CCC(c4ccccc4)(N(C)C)CC3)NC2=O)cn1. The van der Waals surface area contributed by atoms with Gasteiger partial charge < -0.3 is 9.84 Å². The first-order valence-corrected chi connectivity index (χ1v) is 11.4. The number of hydrogen-bond acceptors (Lipinski definition) is 6. The van der Waals surface area contributed by atoms with E-state index in [0.717, 1.165) is 36.9 Å². The van der Waals surface area contributed by atoms with E-state index in [1.165, 1.54) is 5.56 Å². The van der Waals surface area contributed by atoms with Crippen molar-refractivity contribution in [1.29, 1.82) is 0 Å². The fourth-order valence-electron chi connectivity index (χ4n) is 5.48. The summed E-state index contributed by atoms with van der Waals surface area (Å²) in [6.07, 6.45) is 7.23. The van der Waals surface area contributed by atoms with Crippen LogP contribution in [0.3, 0.4) is 0 Å². The van der Waals surface area contributed by atoms with E-state index in [0.29, 0.717) is 23.8 Å². The quantitative estimate of drug-likeness (QED) is 0.651. The molecule has 2 aliphatic rings. The van der Waals surface area contributed by atoms with Gasteiger partial charge in [-0.3, -0.25) is 9.80 Å². The van der Waals surface area contributed by atoms with Gasteiger partial charge in [-0.05, 0) is 59.2 Å². The van der Waals surface area contributed by atoms with Crippen molar-refractivity contribution in [2.75, 3.05) is 25.5 Å². The van der Waals surface area contributed by atoms with Gasteiger partial charge in [-0.25, -0.2) is 14.8 Å². The van der Waals surface area contributed by atoms with Crippen LogP contribution in [0.5, 0.6) is 0 Å². The highest BCUT2D eigenvalue weighted by Crippen LogP contribution is 2.46. The largest absolute Gasteiger partial charge is 0.361 e. The number of amides is 2. The van der Waals surface area contributed by atoms with E-state index >= 15 is 0 Å². The van der Waals surface area contributed by atoms with Gasteiger partial charge in [0.25, 0.3) is 0 Å². The number of carbonyl (C=O) groups excluding carboxylic acids is 1. The van der Waals surface area contributed by atoms with E-state index in [2.05, 4.69) is 69.8 Å². The molecule has 172 valence electrons. The zero-order valence-corrected chi connectivity index (χ0v) is 19.6. The number of nitrogens with one attached hydrogen (secondary N) is 1. The average Bonchev–Trinajstić information content (AvgIpc) is 3.33. The molecule has 8 heteroatoms. The molecule has 1 saturated heterocycles. The highest BCUT2D eigenvalue weighted by Gasteiger charge is 2.50. The molecule has 3 heterocycles. The Hall–Kier alpha value is -3.26. The number of hydrogen-bond donors (Lipinski definition) is 1. The molecule has 0 atom stereocenters. The maximum atomic E-state index is 13.0. The maximum Gasteiger partial charge on any atom is 0.322 e.